The Morgan fingerprint density at radius 1 is 1.13 bits per heavy atom. The third kappa shape index (κ3) is 3.69. The number of hydrogen-bond acceptors (Lipinski definition) is 7. The molecule has 0 bridgehead atoms. The van der Waals surface area contributed by atoms with Gasteiger partial charge in [0.15, 0.2) is 5.65 Å². The Balaban J connectivity index is 1.44. The first-order chi connectivity index (χ1) is 15.1. The largest absolute Gasteiger partial charge is 0.439 e. The number of thiazole rings is 1. The second-order valence-electron chi connectivity index (χ2n) is 6.70. The van der Waals surface area contributed by atoms with Gasteiger partial charge in [0.1, 0.15) is 5.75 Å². The number of fused-ring (bicyclic) bond motifs is 2. The fourth-order valence-corrected chi connectivity index (χ4v) is 3.75. The fraction of sp³-hybridized carbons (Fsp3) is 0. The summed E-state index contributed by atoms with van der Waals surface area (Å²) in [5.74, 6) is 0.838. The SMILES string of the molecule is C=C(C(N)=O)c1cccc(Oc2cccc3nc(Nc4ccc5scnc5c4)nn23)c1. The van der Waals surface area contributed by atoms with Crippen LogP contribution in [0.2, 0.25) is 0 Å². The first-order valence-corrected chi connectivity index (χ1v) is 10.2. The van der Waals surface area contributed by atoms with Gasteiger partial charge in [0.2, 0.25) is 17.7 Å². The number of anilines is 2. The molecule has 0 saturated heterocycles. The van der Waals surface area contributed by atoms with Crippen LogP contribution in [0.3, 0.4) is 0 Å². The molecule has 2 aromatic carbocycles. The van der Waals surface area contributed by atoms with Gasteiger partial charge in [-0.2, -0.15) is 9.50 Å². The Morgan fingerprint density at radius 2 is 2.00 bits per heavy atom. The Bertz CT molecular complexity index is 1450. The first kappa shape index (κ1) is 18.8. The summed E-state index contributed by atoms with van der Waals surface area (Å²) in [6, 6.07) is 18.3. The molecule has 31 heavy (non-hydrogen) atoms. The van der Waals surface area contributed by atoms with Crippen LogP contribution < -0.4 is 15.8 Å². The highest BCUT2D eigenvalue weighted by atomic mass is 32.1. The molecular weight excluding hydrogens is 412 g/mol. The van der Waals surface area contributed by atoms with Gasteiger partial charge in [-0.15, -0.1) is 16.4 Å². The first-order valence-electron chi connectivity index (χ1n) is 9.30. The molecule has 0 unspecified atom stereocenters. The molecular formula is C22H16N6O2S. The molecule has 3 heterocycles. The van der Waals surface area contributed by atoms with Crippen LogP contribution in [-0.4, -0.2) is 25.5 Å². The van der Waals surface area contributed by atoms with E-state index in [-0.39, 0.29) is 5.57 Å². The third-order valence-electron chi connectivity index (χ3n) is 4.61. The van der Waals surface area contributed by atoms with Crippen molar-refractivity contribution in [3.63, 3.8) is 0 Å². The van der Waals surface area contributed by atoms with E-state index in [2.05, 4.69) is 27.0 Å². The topological polar surface area (TPSA) is 107 Å². The zero-order valence-electron chi connectivity index (χ0n) is 16.1. The summed E-state index contributed by atoms with van der Waals surface area (Å²) < 4.78 is 8.72. The molecule has 0 aliphatic carbocycles. The normalized spacial score (nSPS) is 11.0. The lowest BCUT2D eigenvalue weighted by Crippen LogP contribution is -2.11. The number of carbonyl (C=O) groups is 1. The molecule has 8 nitrogen and oxygen atoms in total. The minimum absolute atomic E-state index is 0.216. The van der Waals surface area contributed by atoms with Gasteiger partial charge in [-0.05, 0) is 42.0 Å². The fourth-order valence-electron chi connectivity index (χ4n) is 3.09. The number of hydrogen-bond donors (Lipinski definition) is 2. The minimum atomic E-state index is -0.581. The van der Waals surface area contributed by atoms with Crippen molar-refractivity contribution in [1.29, 1.82) is 0 Å². The van der Waals surface area contributed by atoms with Crippen LogP contribution in [-0.2, 0) is 4.79 Å². The van der Waals surface area contributed by atoms with Crippen LogP contribution in [0.15, 0.2) is 72.8 Å². The lowest BCUT2D eigenvalue weighted by molar-refractivity contribution is -0.112. The summed E-state index contributed by atoms with van der Waals surface area (Å²) in [6.45, 7) is 3.71. The van der Waals surface area contributed by atoms with Gasteiger partial charge in [0.05, 0.1) is 15.7 Å². The molecule has 0 aliphatic rings. The molecule has 3 aromatic heterocycles. The second-order valence-corrected chi connectivity index (χ2v) is 7.59. The van der Waals surface area contributed by atoms with Crippen molar-refractivity contribution in [2.24, 2.45) is 5.73 Å². The smallest absolute Gasteiger partial charge is 0.248 e. The Labute approximate surface area is 180 Å². The standard InChI is InChI=1S/C22H16N6O2S/c1-13(21(23)29)14-4-2-5-16(10-14)30-20-7-3-6-19-26-22(27-28(19)20)25-15-8-9-18-17(11-15)24-12-31-18/h2-12H,1H2,(H2,23,29)(H,25,27). The second kappa shape index (κ2) is 7.54. The van der Waals surface area contributed by atoms with Gasteiger partial charge in [0.25, 0.3) is 0 Å². The summed E-state index contributed by atoms with van der Waals surface area (Å²) in [6.07, 6.45) is 0. The highest BCUT2D eigenvalue weighted by Gasteiger charge is 2.11. The van der Waals surface area contributed by atoms with Gasteiger partial charge < -0.3 is 15.8 Å². The van der Waals surface area contributed by atoms with Crippen LogP contribution in [0.1, 0.15) is 5.56 Å². The van der Waals surface area contributed by atoms with Crippen molar-refractivity contribution in [3.05, 3.63) is 78.3 Å². The van der Waals surface area contributed by atoms with Crippen LogP contribution in [0.5, 0.6) is 11.6 Å². The van der Waals surface area contributed by atoms with Gasteiger partial charge in [-0.1, -0.05) is 24.8 Å². The Hall–Kier alpha value is -4.24. The number of primary amides is 1. The molecule has 0 radical (unpaired) electrons. The maximum absolute atomic E-state index is 11.4. The van der Waals surface area contributed by atoms with Crippen molar-refractivity contribution >= 4 is 50.3 Å². The maximum Gasteiger partial charge on any atom is 0.248 e. The molecule has 0 saturated carbocycles. The van der Waals surface area contributed by atoms with E-state index in [0.29, 0.717) is 28.8 Å². The average Bonchev–Trinajstić information content (AvgIpc) is 3.40. The molecule has 152 valence electrons. The number of carbonyl (C=O) groups excluding carboxylic acids is 1. The highest BCUT2D eigenvalue weighted by molar-refractivity contribution is 7.16. The van der Waals surface area contributed by atoms with Crippen molar-refractivity contribution in [2.75, 3.05) is 5.32 Å². The third-order valence-corrected chi connectivity index (χ3v) is 5.42. The number of rotatable bonds is 6. The molecule has 0 fully saturated rings. The molecule has 3 N–H and O–H groups in total. The summed E-state index contributed by atoms with van der Waals surface area (Å²) in [5.41, 5.74) is 10.3. The van der Waals surface area contributed by atoms with Crippen molar-refractivity contribution in [3.8, 4) is 11.6 Å². The van der Waals surface area contributed by atoms with E-state index in [1.807, 2.05) is 35.8 Å². The zero-order valence-corrected chi connectivity index (χ0v) is 17.0. The van der Waals surface area contributed by atoms with E-state index in [9.17, 15) is 4.79 Å². The monoisotopic (exact) mass is 428 g/mol. The molecule has 9 heteroatoms. The van der Waals surface area contributed by atoms with Crippen molar-refractivity contribution in [2.45, 2.75) is 0 Å². The summed E-state index contributed by atoms with van der Waals surface area (Å²) in [4.78, 5) is 20.3. The van der Waals surface area contributed by atoms with Gasteiger partial charge in [-0.3, -0.25) is 4.79 Å². The number of ether oxygens (including phenoxy) is 1. The highest BCUT2D eigenvalue weighted by Crippen LogP contribution is 2.27. The summed E-state index contributed by atoms with van der Waals surface area (Å²) in [5, 5.41) is 7.72. The number of aromatic nitrogens is 4. The van der Waals surface area contributed by atoms with E-state index in [4.69, 9.17) is 10.5 Å². The number of nitrogens with two attached hydrogens (primary N) is 1. The number of nitrogens with one attached hydrogen (secondary N) is 1. The molecule has 1 amide bonds. The quantitative estimate of drug-likeness (QED) is 0.389. The maximum atomic E-state index is 11.4. The number of benzene rings is 2. The summed E-state index contributed by atoms with van der Waals surface area (Å²) >= 11 is 1.59. The lowest BCUT2D eigenvalue weighted by Gasteiger charge is -2.08. The molecule has 0 spiro atoms. The average molecular weight is 428 g/mol. The van der Waals surface area contributed by atoms with E-state index < -0.39 is 5.91 Å². The van der Waals surface area contributed by atoms with Crippen LogP contribution in [0, 0.1) is 0 Å². The van der Waals surface area contributed by atoms with Crippen LogP contribution in [0.4, 0.5) is 11.6 Å². The number of amides is 1. The Morgan fingerprint density at radius 3 is 2.87 bits per heavy atom. The molecule has 5 rings (SSSR count). The molecule has 5 aromatic rings. The van der Waals surface area contributed by atoms with E-state index in [0.717, 1.165) is 15.9 Å². The van der Waals surface area contributed by atoms with Crippen LogP contribution >= 0.6 is 11.3 Å². The number of pyridine rings is 1. The molecule has 0 aliphatic heterocycles. The zero-order chi connectivity index (χ0) is 21.4. The van der Waals surface area contributed by atoms with Gasteiger partial charge in [0, 0.05) is 17.3 Å². The Kier molecular flexibility index (Phi) is 4.57. The minimum Gasteiger partial charge on any atom is -0.439 e. The van der Waals surface area contributed by atoms with E-state index >= 15 is 0 Å². The molecule has 0 atom stereocenters. The predicted octanol–water partition coefficient (Wildman–Crippen LogP) is 4.37. The number of nitrogens with zero attached hydrogens (tertiary/aromatic N) is 4. The van der Waals surface area contributed by atoms with Gasteiger partial charge in [-0.25, -0.2) is 4.98 Å². The lowest BCUT2D eigenvalue weighted by atomic mass is 10.1. The summed E-state index contributed by atoms with van der Waals surface area (Å²) in [7, 11) is 0. The van der Waals surface area contributed by atoms with E-state index in [1.54, 1.807) is 46.2 Å². The van der Waals surface area contributed by atoms with Crippen molar-refractivity contribution in [1.82, 2.24) is 19.6 Å². The predicted molar refractivity (Wildman–Crippen MR) is 121 cm³/mol. The van der Waals surface area contributed by atoms with Crippen LogP contribution in [0.25, 0.3) is 21.4 Å². The van der Waals surface area contributed by atoms with Crippen molar-refractivity contribution < 1.29 is 9.53 Å². The van der Waals surface area contributed by atoms with E-state index in [1.165, 1.54) is 0 Å². The van der Waals surface area contributed by atoms with Gasteiger partial charge >= 0.3 is 0 Å².